The van der Waals surface area contributed by atoms with Crippen molar-refractivity contribution in [2.24, 2.45) is 11.7 Å². The second kappa shape index (κ2) is 8.99. The Bertz CT molecular complexity index is 921. The number of aromatic nitrogens is 2. The number of H-pyrrole nitrogens is 1. The lowest BCUT2D eigenvalue weighted by Crippen LogP contribution is -2.08. The van der Waals surface area contributed by atoms with Gasteiger partial charge in [0.1, 0.15) is 5.01 Å². The van der Waals surface area contributed by atoms with E-state index in [0.29, 0.717) is 19.0 Å². The zero-order chi connectivity index (χ0) is 19.4. The molecule has 1 aliphatic rings. The van der Waals surface area contributed by atoms with Crippen LogP contribution in [0.1, 0.15) is 55.0 Å². The summed E-state index contributed by atoms with van der Waals surface area (Å²) in [5.74, 6) is 1.43. The van der Waals surface area contributed by atoms with Gasteiger partial charge < -0.3 is 16.0 Å². The number of thiophene rings is 1. The van der Waals surface area contributed by atoms with Crippen LogP contribution in [0.2, 0.25) is 0 Å². The molecule has 0 bridgehead atoms. The summed E-state index contributed by atoms with van der Waals surface area (Å²) in [7, 11) is 0. The minimum atomic E-state index is -0.0573. The lowest BCUT2D eigenvalue weighted by molar-refractivity contribution is 0.737. The monoisotopic (exact) mass is 404 g/mol. The Balaban J connectivity index is 0.000000481. The molecular weight excluding hydrogens is 376 g/mol. The van der Waals surface area contributed by atoms with E-state index in [4.69, 9.17) is 5.73 Å². The van der Waals surface area contributed by atoms with Crippen LogP contribution >= 0.6 is 22.7 Å². The van der Waals surface area contributed by atoms with Crippen LogP contribution in [-0.2, 0) is 13.0 Å². The molecule has 27 heavy (non-hydrogen) atoms. The molecule has 1 aliphatic carbocycles. The number of aromatic amines is 1. The summed E-state index contributed by atoms with van der Waals surface area (Å²) in [6.45, 7) is 7.78. The first-order chi connectivity index (χ1) is 13.0. The summed E-state index contributed by atoms with van der Waals surface area (Å²) in [4.78, 5) is 20.8. The third-order valence-electron chi connectivity index (χ3n) is 4.06. The average Bonchev–Trinajstić information content (AvgIpc) is 3.16. The van der Waals surface area contributed by atoms with Gasteiger partial charge in [0.05, 0.1) is 22.4 Å². The van der Waals surface area contributed by atoms with E-state index in [1.54, 1.807) is 34.9 Å². The number of hydrogen-bond donors (Lipinski definition) is 3. The van der Waals surface area contributed by atoms with Gasteiger partial charge in [-0.2, -0.15) is 0 Å². The van der Waals surface area contributed by atoms with Crippen molar-refractivity contribution in [1.29, 1.82) is 0 Å². The average molecular weight is 405 g/mol. The lowest BCUT2D eigenvalue weighted by Gasteiger charge is -2.06. The van der Waals surface area contributed by atoms with E-state index in [9.17, 15) is 4.79 Å². The van der Waals surface area contributed by atoms with Gasteiger partial charge in [-0.05, 0) is 43.2 Å². The number of rotatable bonds is 6. The van der Waals surface area contributed by atoms with Gasteiger partial charge >= 0.3 is 0 Å². The lowest BCUT2D eigenvalue weighted by atomic mass is 10.1. The fraction of sp³-hybridized carbons (Fsp3) is 0.500. The van der Waals surface area contributed by atoms with Gasteiger partial charge in [0, 0.05) is 22.5 Å². The van der Waals surface area contributed by atoms with Crippen molar-refractivity contribution < 1.29 is 0 Å². The molecule has 0 radical (unpaired) electrons. The van der Waals surface area contributed by atoms with E-state index >= 15 is 0 Å². The SMILES string of the molecule is CC(C)C.NCCc1sc2c(NCc3nccs3)cc(=O)[nH]c2c1C1CC1. The summed E-state index contributed by atoms with van der Waals surface area (Å²) in [6.07, 6.45) is 5.09. The van der Waals surface area contributed by atoms with Crippen LogP contribution < -0.4 is 16.6 Å². The Morgan fingerprint density at radius 3 is 2.70 bits per heavy atom. The molecule has 0 saturated heterocycles. The summed E-state index contributed by atoms with van der Waals surface area (Å²) in [6, 6.07) is 1.65. The quantitative estimate of drug-likeness (QED) is 0.556. The maximum Gasteiger partial charge on any atom is 0.250 e. The highest BCUT2D eigenvalue weighted by Crippen LogP contribution is 2.48. The number of nitrogens with two attached hydrogens (primary N) is 1. The van der Waals surface area contributed by atoms with Crippen molar-refractivity contribution in [3.8, 4) is 0 Å². The topological polar surface area (TPSA) is 83.8 Å². The molecule has 1 saturated carbocycles. The molecule has 5 nitrogen and oxygen atoms in total. The molecule has 0 atom stereocenters. The van der Waals surface area contributed by atoms with Crippen LogP contribution in [0.25, 0.3) is 10.2 Å². The molecule has 0 amide bonds. The van der Waals surface area contributed by atoms with Crippen LogP contribution in [0, 0.1) is 5.92 Å². The summed E-state index contributed by atoms with van der Waals surface area (Å²) in [5, 5.41) is 6.35. The minimum Gasteiger partial charge on any atom is -0.377 e. The number of anilines is 1. The number of thiazole rings is 1. The molecule has 0 unspecified atom stereocenters. The van der Waals surface area contributed by atoms with Crippen LogP contribution in [0.5, 0.6) is 0 Å². The molecule has 1 fully saturated rings. The molecule has 0 spiro atoms. The standard InChI is InChI=1S/C16H18N4OS2.C4H10/c17-4-3-11-14(9-1-2-9)15-16(23-11)10(7-12(21)20-15)19-8-13-18-5-6-22-13;1-4(2)3/h5-7,9H,1-4,8,17H2,(H2,19,20,21);4H,1-3H3. The molecule has 4 N–H and O–H groups in total. The van der Waals surface area contributed by atoms with Gasteiger partial charge in [0.25, 0.3) is 5.56 Å². The maximum absolute atomic E-state index is 12.1. The third kappa shape index (κ3) is 5.18. The van der Waals surface area contributed by atoms with Crippen molar-refractivity contribution >= 4 is 38.6 Å². The minimum absolute atomic E-state index is 0.0573. The Morgan fingerprint density at radius 1 is 1.37 bits per heavy atom. The van der Waals surface area contributed by atoms with Gasteiger partial charge in [0.15, 0.2) is 0 Å². The molecule has 146 valence electrons. The van der Waals surface area contributed by atoms with E-state index in [1.807, 2.05) is 5.38 Å². The van der Waals surface area contributed by atoms with Gasteiger partial charge in [0.2, 0.25) is 0 Å². The van der Waals surface area contributed by atoms with E-state index in [-0.39, 0.29) is 5.56 Å². The fourth-order valence-corrected chi connectivity index (χ4v) is 4.83. The molecule has 0 aromatic carbocycles. The second-order valence-electron chi connectivity index (χ2n) is 7.51. The van der Waals surface area contributed by atoms with Crippen molar-refractivity contribution in [3.05, 3.63) is 43.4 Å². The largest absolute Gasteiger partial charge is 0.377 e. The third-order valence-corrected chi connectivity index (χ3v) is 6.14. The highest BCUT2D eigenvalue weighted by Gasteiger charge is 2.30. The smallest absolute Gasteiger partial charge is 0.250 e. The molecule has 0 aliphatic heterocycles. The van der Waals surface area contributed by atoms with Gasteiger partial charge in [-0.3, -0.25) is 4.79 Å². The predicted octanol–water partition coefficient (Wildman–Crippen LogP) is 4.70. The molecule has 3 aromatic heterocycles. The molecule has 7 heteroatoms. The number of nitrogens with one attached hydrogen (secondary N) is 2. The molecule has 3 aromatic rings. The summed E-state index contributed by atoms with van der Waals surface area (Å²) >= 11 is 3.37. The first-order valence-electron chi connectivity index (χ1n) is 9.50. The number of hydrogen-bond acceptors (Lipinski definition) is 6. The Kier molecular flexibility index (Phi) is 6.68. The Hall–Kier alpha value is -1.70. The van der Waals surface area contributed by atoms with Crippen molar-refractivity contribution in [2.45, 2.75) is 52.5 Å². The number of fused-ring (bicyclic) bond motifs is 1. The molecule has 4 rings (SSSR count). The van der Waals surface area contributed by atoms with Crippen molar-refractivity contribution in [2.75, 3.05) is 11.9 Å². The van der Waals surface area contributed by atoms with E-state index in [1.165, 1.54) is 23.3 Å². The number of nitrogens with zero attached hydrogens (tertiary/aromatic N) is 1. The normalized spacial score (nSPS) is 13.7. The summed E-state index contributed by atoms with van der Waals surface area (Å²) in [5.41, 5.74) is 8.95. The van der Waals surface area contributed by atoms with Crippen molar-refractivity contribution in [3.63, 3.8) is 0 Å². The number of pyridine rings is 1. The maximum atomic E-state index is 12.1. The molecular formula is C20H28N4OS2. The van der Waals surface area contributed by atoms with E-state index in [2.05, 4.69) is 36.1 Å². The predicted molar refractivity (Wildman–Crippen MR) is 117 cm³/mol. The summed E-state index contributed by atoms with van der Waals surface area (Å²) < 4.78 is 1.13. The van der Waals surface area contributed by atoms with Crippen LogP contribution in [0.15, 0.2) is 22.4 Å². The Morgan fingerprint density at radius 2 is 2.11 bits per heavy atom. The highest BCUT2D eigenvalue weighted by molar-refractivity contribution is 7.19. The van der Waals surface area contributed by atoms with Crippen LogP contribution in [-0.4, -0.2) is 16.5 Å². The zero-order valence-electron chi connectivity index (χ0n) is 16.2. The Labute approximate surface area is 168 Å². The van der Waals surface area contributed by atoms with Crippen molar-refractivity contribution in [1.82, 2.24) is 9.97 Å². The highest BCUT2D eigenvalue weighted by atomic mass is 32.1. The zero-order valence-corrected chi connectivity index (χ0v) is 17.8. The van der Waals surface area contributed by atoms with Gasteiger partial charge in [-0.1, -0.05) is 20.8 Å². The first-order valence-corrected chi connectivity index (χ1v) is 11.2. The van der Waals surface area contributed by atoms with Crippen LogP contribution in [0.4, 0.5) is 5.69 Å². The van der Waals surface area contributed by atoms with Crippen LogP contribution in [0.3, 0.4) is 0 Å². The fourth-order valence-electron chi connectivity index (χ4n) is 2.92. The van der Waals surface area contributed by atoms with Gasteiger partial charge in [-0.15, -0.1) is 22.7 Å². The van der Waals surface area contributed by atoms with E-state index < -0.39 is 0 Å². The first kappa shape index (κ1) is 20.0. The second-order valence-corrected chi connectivity index (χ2v) is 9.60. The van der Waals surface area contributed by atoms with E-state index in [0.717, 1.165) is 33.3 Å². The molecule has 3 heterocycles. The van der Waals surface area contributed by atoms with Gasteiger partial charge in [-0.25, -0.2) is 4.98 Å².